The molecule has 0 aliphatic rings. The number of aromatic nitrogens is 4. The normalized spacial score (nSPS) is 10.6. The van der Waals surface area contributed by atoms with Gasteiger partial charge in [-0.3, -0.25) is 14.5 Å². The Kier molecular flexibility index (Phi) is 8.86. The van der Waals surface area contributed by atoms with Gasteiger partial charge in [-0.1, -0.05) is 23.7 Å². The molecule has 1 aromatic carbocycles. The number of esters is 1. The highest BCUT2D eigenvalue weighted by atomic mass is 35.5. The Bertz CT molecular complexity index is 1270. The monoisotopic (exact) mass is 519 g/mol. The first-order valence-corrected chi connectivity index (χ1v) is 10.9. The summed E-state index contributed by atoms with van der Waals surface area (Å²) in [6, 6.07) is 8.19. The van der Waals surface area contributed by atoms with Crippen molar-refractivity contribution in [2.45, 2.75) is 20.3 Å². The van der Waals surface area contributed by atoms with Gasteiger partial charge >= 0.3 is 12.1 Å². The van der Waals surface area contributed by atoms with Crippen LogP contribution in [0.25, 0.3) is 0 Å². The van der Waals surface area contributed by atoms with Crippen molar-refractivity contribution in [3.8, 4) is 0 Å². The van der Waals surface area contributed by atoms with E-state index < -0.39 is 36.3 Å². The summed E-state index contributed by atoms with van der Waals surface area (Å²) in [4.78, 5) is 42.5. The van der Waals surface area contributed by atoms with Crippen LogP contribution in [0.1, 0.15) is 21.6 Å². The van der Waals surface area contributed by atoms with Crippen molar-refractivity contribution < 1.29 is 28.2 Å². The largest absolute Gasteiger partial charge is 0.460 e. The van der Waals surface area contributed by atoms with E-state index in [-0.39, 0.29) is 29.7 Å². The van der Waals surface area contributed by atoms with Crippen LogP contribution in [-0.2, 0) is 27.6 Å². The molecule has 2 N–H and O–H groups in total. The number of aryl methyl sites for hydroxylation is 1. The molecule has 0 radical (unpaired) electrons. The van der Waals surface area contributed by atoms with E-state index in [0.29, 0.717) is 10.4 Å². The van der Waals surface area contributed by atoms with Crippen LogP contribution in [-0.4, -0.2) is 58.6 Å². The van der Waals surface area contributed by atoms with Gasteiger partial charge in [-0.15, -0.1) is 15.0 Å². The summed E-state index contributed by atoms with van der Waals surface area (Å²) >= 11 is 6.09. The summed E-state index contributed by atoms with van der Waals surface area (Å²) in [5, 5.41) is 12.6. The van der Waals surface area contributed by atoms with Gasteiger partial charge < -0.3 is 20.1 Å². The van der Waals surface area contributed by atoms with Crippen molar-refractivity contribution in [1.29, 1.82) is 0 Å². The standard InChI is InChI=1S/C22H23ClFN7O5/c1-13-6-7-16(15(23)9-13)27-21(33)18-19(24)29-31(28-18)12-36-22(34)30(3)20-14(5-4-8-26-20)11-35-17(32)10-25-2/h4-9,25H,10-12H2,1-3H3,(H,27,33). The summed E-state index contributed by atoms with van der Waals surface area (Å²) in [7, 11) is 3.00. The summed E-state index contributed by atoms with van der Waals surface area (Å²) in [6.07, 6.45) is 0.583. The zero-order valence-corrected chi connectivity index (χ0v) is 20.4. The molecule has 0 bridgehead atoms. The average molecular weight is 520 g/mol. The zero-order chi connectivity index (χ0) is 26.2. The van der Waals surface area contributed by atoms with Crippen molar-refractivity contribution in [1.82, 2.24) is 25.3 Å². The molecule has 0 saturated carbocycles. The molecule has 12 nitrogen and oxygen atoms in total. The van der Waals surface area contributed by atoms with Gasteiger partial charge in [-0.2, -0.15) is 4.39 Å². The molecule has 190 valence electrons. The quantitative estimate of drug-likeness (QED) is 0.408. The maximum Gasteiger partial charge on any atom is 0.417 e. The molecule has 0 atom stereocenters. The van der Waals surface area contributed by atoms with E-state index in [9.17, 15) is 18.8 Å². The number of rotatable bonds is 9. The third-order valence-electron chi connectivity index (χ3n) is 4.67. The van der Waals surface area contributed by atoms with Gasteiger partial charge in [0.2, 0.25) is 12.4 Å². The van der Waals surface area contributed by atoms with E-state index in [0.717, 1.165) is 10.5 Å². The van der Waals surface area contributed by atoms with Crippen molar-refractivity contribution in [2.24, 2.45) is 0 Å². The first kappa shape index (κ1) is 26.5. The Hall–Kier alpha value is -4.10. The molecule has 0 saturated heterocycles. The van der Waals surface area contributed by atoms with Gasteiger partial charge in [0.05, 0.1) is 17.3 Å². The highest BCUT2D eigenvalue weighted by Gasteiger charge is 2.22. The molecule has 0 fully saturated rings. The minimum atomic E-state index is -1.16. The van der Waals surface area contributed by atoms with Crippen molar-refractivity contribution in [2.75, 3.05) is 30.9 Å². The molecule has 0 aliphatic heterocycles. The van der Waals surface area contributed by atoms with Crippen molar-refractivity contribution in [3.63, 3.8) is 0 Å². The summed E-state index contributed by atoms with van der Waals surface area (Å²) in [5.41, 5.74) is 1.01. The van der Waals surface area contributed by atoms with Crippen LogP contribution in [0.15, 0.2) is 36.5 Å². The van der Waals surface area contributed by atoms with E-state index >= 15 is 0 Å². The topological polar surface area (TPSA) is 141 Å². The molecule has 0 aliphatic carbocycles. The van der Waals surface area contributed by atoms with E-state index in [4.69, 9.17) is 21.1 Å². The fourth-order valence-corrected chi connectivity index (χ4v) is 3.20. The molecule has 3 aromatic rings. The lowest BCUT2D eigenvalue weighted by molar-refractivity contribution is -0.143. The van der Waals surface area contributed by atoms with Gasteiger partial charge in [-0.25, -0.2) is 9.78 Å². The number of carbonyl (C=O) groups excluding carboxylic acids is 3. The highest BCUT2D eigenvalue weighted by Crippen LogP contribution is 2.23. The van der Waals surface area contributed by atoms with Crippen LogP contribution in [0.3, 0.4) is 0 Å². The predicted molar refractivity (Wildman–Crippen MR) is 127 cm³/mol. The Morgan fingerprint density at radius 2 is 1.97 bits per heavy atom. The second-order valence-corrected chi connectivity index (χ2v) is 7.83. The molecule has 0 spiro atoms. The number of hydrogen-bond donors (Lipinski definition) is 2. The number of likely N-dealkylation sites (N-methyl/N-ethyl adjacent to an activating group) is 1. The molecule has 14 heteroatoms. The second-order valence-electron chi connectivity index (χ2n) is 7.42. The van der Waals surface area contributed by atoms with E-state index in [1.54, 1.807) is 37.4 Å². The zero-order valence-electron chi connectivity index (χ0n) is 19.6. The Morgan fingerprint density at radius 3 is 2.69 bits per heavy atom. The fourth-order valence-electron chi connectivity index (χ4n) is 2.92. The van der Waals surface area contributed by atoms with Gasteiger partial charge in [0, 0.05) is 18.8 Å². The molecule has 2 amide bonds. The maximum atomic E-state index is 14.2. The van der Waals surface area contributed by atoms with Crippen LogP contribution in [0.2, 0.25) is 5.02 Å². The number of benzene rings is 1. The number of pyridine rings is 1. The van der Waals surface area contributed by atoms with Crippen LogP contribution in [0.5, 0.6) is 0 Å². The number of amides is 2. The summed E-state index contributed by atoms with van der Waals surface area (Å²) in [5.74, 6) is -2.32. The smallest absolute Gasteiger partial charge is 0.417 e. The Labute approximate surface area is 210 Å². The number of anilines is 2. The SMILES string of the molecule is CNCC(=O)OCc1cccnc1N(C)C(=O)OCn1nc(F)c(C(=O)Nc2ccc(C)cc2Cl)n1. The number of nitrogens with one attached hydrogen (secondary N) is 2. The molecular weight excluding hydrogens is 497 g/mol. The van der Waals surface area contributed by atoms with Crippen LogP contribution in [0, 0.1) is 12.9 Å². The summed E-state index contributed by atoms with van der Waals surface area (Å²) < 4.78 is 24.5. The maximum absolute atomic E-state index is 14.2. The minimum absolute atomic E-state index is 0.0268. The number of hydrogen-bond acceptors (Lipinski definition) is 9. The third kappa shape index (κ3) is 6.73. The third-order valence-corrected chi connectivity index (χ3v) is 4.99. The van der Waals surface area contributed by atoms with E-state index in [1.807, 2.05) is 6.92 Å². The van der Waals surface area contributed by atoms with Crippen molar-refractivity contribution in [3.05, 3.63) is 64.3 Å². The van der Waals surface area contributed by atoms with Crippen LogP contribution in [0.4, 0.5) is 20.7 Å². The van der Waals surface area contributed by atoms with E-state index in [1.165, 1.54) is 13.2 Å². The average Bonchev–Trinajstić information content (AvgIpc) is 3.23. The molecular formula is C22H23ClFN7O5. The lowest BCUT2D eigenvalue weighted by Gasteiger charge is -2.18. The molecule has 3 rings (SSSR count). The highest BCUT2D eigenvalue weighted by molar-refractivity contribution is 6.34. The first-order chi connectivity index (χ1) is 17.2. The Morgan fingerprint density at radius 1 is 1.19 bits per heavy atom. The fraction of sp³-hybridized carbons (Fsp3) is 0.273. The second kappa shape index (κ2) is 12.0. The molecule has 0 unspecified atom stereocenters. The van der Waals surface area contributed by atoms with Gasteiger partial charge in [0.15, 0.2) is 0 Å². The predicted octanol–water partition coefficient (Wildman–Crippen LogP) is 2.52. The first-order valence-electron chi connectivity index (χ1n) is 10.5. The van der Waals surface area contributed by atoms with Gasteiger partial charge in [0.1, 0.15) is 12.4 Å². The van der Waals surface area contributed by atoms with Crippen LogP contribution < -0.4 is 15.5 Å². The molecule has 2 aromatic heterocycles. The van der Waals surface area contributed by atoms with Gasteiger partial charge in [0.25, 0.3) is 11.9 Å². The lowest BCUT2D eigenvalue weighted by Crippen LogP contribution is -2.30. The van der Waals surface area contributed by atoms with Gasteiger partial charge in [-0.05, 0) is 37.7 Å². The number of nitrogens with zero attached hydrogens (tertiary/aromatic N) is 5. The number of halogens is 2. The lowest BCUT2D eigenvalue weighted by atomic mass is 10.2. The van der Waals surface area contributed by atoms with Crippen molar-refractivity contribution >= 4 is 41.1 Å². The van der Waals surface area contributed by atoms with E-state index in [2.05, 4.69) is 25.8 Å². The number of carbonyl (C=O) groups is 3. The number of ether oxygens (including phenoxy) is 2. The molecule has 36 heavy (non-hydrogen) atoms. The van der Waals surface area contributed by atoms with Crippen LogP contribution >= 0.6 is 11.6 Å². The minimum Gasteiger partial charge on any atom is -0.460 e. The Balaban J connectivity index is 1.62. The summed E-state index contributed by atoms with van der Waals surface area (Å²) in [6.45, 7) is 1.16. The molecule has 2 heterocycles.